The molecule has 73 heavy (non-hydrogen) atoms. The molecule has 27 heteroatoms. The molecule has 0 radical (unpaired) electrons. The Kier molecular flexibility index (Phi) is 13.8. The fraction of sp³-hybridized carbons (Fsp3) is 0.196. The highest BCUT2D eigenvalue weighted by molar-refractivity contribution is 7.93. The SMILES string of the molecule is Cc1cc(C)c(S(=O)(=O)O)c(C)c1/N=c1\cc2oc3cc(Nc4c(C)cc(C)c(S(=O)(=O)O)c4C)c(S(=O)(=O)O)cc3c(-c3ccccc3S(=O)(=O)Nc3c(C)cc(C)c(S(=O)(=O)O)c3C)c-2cc1S(=O)(=O)O. The van der Waals surface area contributed by atoms with Crippen LogP contribution in [0.2, 0.25) is 0 Å². The molecule has 0 saturated carbocycles. The smallest absolute Gasteiger partial charge is 0.296 e. The van der Waals surface area contributed by atoms with Crippen molar-refractivity contribution in [2.75, 3.05) is 10.0 Å². The van der Waals surface area contributed by atoms with Crippen LogP contribution in [0.1, 0.15) is 50.1 Å². The van der Waals surface area contributed by atoms with Crippen molar-refractivity contribution in [2.45, 2.75) is 91.7 Å². The van der Waals surface area contributed by atoms with E-state index in [1.165, 1.54) is 98.7 Å². The van der Waals surface area contributed by atoms with Crippen molar-refractivity contribution in [1.29, 1.82) is 0 Å². The van der Waals surface area contributed by atoms with Gasteiger partial charge in [-0.1, -0.05) is 36.4 Å². The first-order valence-electron chi connectivity index (χ1n) is 21.1. The van der Waals surface area contributed by atoms with E-state index in [1.807, 2.05) is 0 Å². The molecule has 0 saturated heterocycles. The Labute approximate surface area is 420 Å². The van der Waals surface area contributed by atoms with Crippen molar-refractivity contribution in [1.82, 2.24) is 0 Å². The molecule has 2 aliphatic rings. The van der Waals surface area contributed by atoms with Gasteiger partial charge in [0.1, 0.15) is 35.8 Å². The highest BCUT2D eigenvalue weighted by atomic mass is 32.2. The molecule has 0 unspecified atom stereocenters. The lowest BCUT2D eigenvalue weighted by Gasteiger charge is -2.22. The molecule has 7 rings (SSSR count). The maximum Gasteiger partial charge on any atom is 0.296 e. The van der Waals surface area contributed by atoms with Crippen LogP contribution in [0.25, 0.3) is 33.4 Å². The maximum absolute atomic E-state index is 14.8. The van der Waals surface area contributed by atoms with Crippen LogP contribution in [0, 0.1) is 62.3 Å². The van der Waals surface area contributed by atoms with Crippen LogP contribution in [-0.4, -0.2) is 73.3 Å². The zero-order valence-electron chi connectivity index (χ0n) is 39.8. The quantitative estimate of drug-likeness (QED) is 0.0450. The molecule has 0 spiro atoms. The molecule has 0 fully saturated rings. The number of aryl methyl sites for hydroxylation is 6. The van der Waals surface area contributed by atoms with E-state index in [-0.39, 0.29) is 95.0 Å². The fourth-order valence-electron chi connectivity index (χ4n) is 9.38. The lowest BCUT2D eigenvalue weighted by Crippen LogP contribution is -2.18. The van der Waals surface area contributed by atoms with E-state index in [4.69, 9.17) is 4.42 Å². The van der Waals surface area contributed by atoms with Crippen LogP contribution in [0.5, 0.6) is 0 Å². The first kappa shape index (κ1) is 54.7. The molecule has 1 aliphatic heterocycles. The van der Waals surface area contributed by atoms with Gasteiger partial charge in [-0.25, -0.2) is 13.4 Å². The van der Waals surface area contributed by atoms with Gasteiger partial charge < -0.3 is 9.73 Å². The summed E-state index contributed by atoms with van der Waals surface area (Å²) in [5.74, 6) is -0.351. The average molecular weight is 1120 g/mol. The molecule has 0 atom stereocenters. The molecule has 0 bridgehead atoms. The Balaban J connectivity index is 1.67. The molecule has 21 nitrogen and oxygen atoms in total. The third kappa shape index (κ3) is 10.3. The van der Waals surface area contributed by atoms with Crippen LogP contribution < -0.4 is 15.4 Å². The third-order valence-electron chi connectivity index (χ3n) is 12.1. The number of hydrogen-bond acceptors (Lipinski definition) is 15. The van der Waals surface area contributed by atoms with Crippen LogP contribution in [0.15, 0.2) is 106 Å². The van der Waals surface area contributed by atoms with Crippen LogP contribution in [-0.2, 0) is 60.6 Å². The minimum Gasteiger partial charge on any atom is -0.456 e. The van der Waals surface area contributed by atoms with Gasteiger partial charge >= 0.3 is 0 Å². The molecule has 0 aromatic heterocycles. The van der Waals surface area contributed by atoms with E-state index in [0.717, 1.165) is 30.3 Å². The standard InChI is InChI=1S/C46H45N3O18S6/c1-21-14-24(4)44(71(58,59)60)27(7)41(21)47-33-19-35-31(17-38(33)69(52,53)54)40(30-12-10-11-13-37(30)68(50,51)49-43-23(3)16-26(6)46(29(43)9)73(64,65)66)32-18-39(70(55,56)57)34(20-36(32)67-35)48-42-22(2)15-25(5)45(28(42)8)72(61,62)63/h10-20,47,49H,1-9H3,(H,52,53,54)(H,55,56,57)(H,58,59,60)(H,61,62,63)(H,64,65,66)/b48-34+. The topological polar surface area (TPSA) is 356 Å². The number of rotatable bonds is 12. The van der Waals surface area contributed by atoms with Crippen molar-refractivity contribution < 1.29 is 77.7 Å². The first-order chi connectivity index (χ1) is 33.3. The molecule has 0 amide bonds. The number of nitrogens with one attached hydrogen (secondary N) is 2. The van der Waals surface area contributed by atoms with Gasteiger partial charge in [-0.05, 0) is 131 Å². The second kappa shape index (κ2) is 18.4. The second-order valence-electron chi connectivity index (χ2n) is 17.3. The van der Waals surface area contributed by atoms with E-state index < -0.39 is 101 Å². The van der Waals surface area contributed by atoms with Gasteiger partial charge in [0, 0.05) is 39.9 Å². The number of fused-ring (bicyclic) bond motifs is 2. The van der Waals surface area contributed by atoms with Gasteiger partial charge in [0.15, 0.2) is 0 Å². The largest absolute Gasteiger partial charge is 0.456 e. The Morgan fingerprint density at radius 1 is 0.466 bits per heavy atom. The predicted octanol–water partition coefficient (Wildman–Crippen LogP) is 7.99. The zero-order chi connectivity index (χ0) is 54.6. The number of nitrogens with zero attached hydrogens (tertiary/aromatic N) is 1. The molecule has 1 aliphatic carbocycles. The van der Waals surface area contributed by atoms with E-state index in [0.29, 0.717) is 5.56 Å². The number of sulfonamides is 1. The lowest BCUT2D eigenvalue weighted by molar-refractivity contribution is 0.479. The Morgan fingerprint density at radius 2 is 0.945 bits per heavy atom. The minimum atomic E-state index is -5.39. The normalized spacial score (nSPS) is 13.3. The van der Waals surface area contributed by atoms with Crippen molar-refractivity contribution in [3.63, 3.8) is 0 Å². The summed E-state index contributed by atoms with van der Waals surface area (Å²) in [5.41, 5.74) is -1.48. The molecule has 5 aromatic rings. The summed E-state index contributed by atoms with van der Waals surface area (Å²) in [6, 6.07) is 12.7. The van der Waals surface area contributed by atoms with Gasteiger partial charge in [0.05, 0.1) is 27.3 Å². The summed E-state index contributed by atoms with van der Waals surface area (Å²) in [6.45, 7) is 12.6. The molecule has 7 N–H and O–H groups in total. The summed E-state index contributed by atoms with van der Waals surface area (Å²) in [5, 5.41) is 1.89. The fourth-order valence-corrected chi connectivity index (χ4v) is 14.9. The second-order valence-corrected chi connectivity index (χ2v) is 25.8. The number of anilines is 3. The van der Waals surface area contributed by atoms with Gasteiger partial charge in [0.25, 0.3) is 60.6 Å². The highest BCUT2D eigenvalue weighted by Crippen LogP contribution is 2.46. The third-order valence-corrected chi connectivity index (χ3v) is 18.7. The van der Waals surface area contributed by atoms with Crippen LogP contribution in [0.3, 0.4) is 0 Å². The van der Waals surface area contributed by atoms with E-state index in [1.54, 1.807) is 0 Å². The summed E-state index contributed by atoms with van der Waals surface area (Å²) in [6.07, 6.45) is 0. The van der Waals surface area contributed by atoms with Gasteiger partial charge in [-0.15, -0.1) is 0 Å². The molecular weight excluding hydrogens is 1070 g/mol. The summed E-state index contributed by atoms with van der Waals surface area (Å²) in [7, 11) is -30.4. The Bertz CT molecular complexity index is 4340. The highest BCUT2D eigenvalue weighted by Gasteiger charge is 2.32. The number of hydrogen-bond donors (Lipinski definition) is 7. The Hall–Kier alpha value is -6.11. The van der Waals surface area contributed by atoms with Crippen molar-refractivity contribution in [3.05, 3.63) is 122 Å². The van der Waals surface area contributed by atoms with Crippen LogP contribution in [0.4, 0.5) is 22.7 Å². The predicted molar refractivity (Wildman–Crippen MR) is 269 cm³/mol. The summed E-state index contributed by atoms with van der Waals surface area (Å²) in [4.78, 5) is 0.297. The first-order valence-corrected chi connectivity index (χ1v) is 29.7. The van der Waals surface area contributed by atoms with Crippen molar-refractivity contribution in [2.24, 2.45) is 4.99 Å². The monoisotopic (exact) mass is 1120 g/mol. The lowest BCUT2D eigenvalue weighted by atomic mass is 9.93. The average Bonchev–Trinajstić information content (AvgIpc) is 3.21. The molecular formula is C46H45N3O18S6. The van der Waals surface area contributed by atoms with Gasteiger partial charge in [0.2, 0.25) is 0 Å². The van der Waals surface area contributed by atoms with Crippen LogP contribution >= 0.6 is 0 Å². The van der Waals surface area contributed by atoms with Crippen molar-refractivity contribution in [3.8, 4) is 22.5 Å². The molecule has 5 aromatic carbocycles. The van der Waals surface area contributed by atoms with Gasteiger partial charge in [-0.3, -0.25) is 27.5 Å². The zero-order valence-corrected chi connectivity index (χ0v) is 44.7. The van der Waals surface area contributed by atoms with E-state index in [9.17, 15) is 73.3 Å². The van der Waals surface area contributed by atoms with Gasteiger partial charge in [-0.2, -0.15) is 42.1 Å². The maximum atomic E-state index is 14.8. The summed E-state index contributed by atoms with van der Waals surface area (Å²) >= 11 is 0. The molecule has 388 valence electrons. The number of benzene rings is 6. The van der Waals surface area contributed by atoms with E-state index in [2.05, 4.69) is 15.0 Å². The summed E-state index contributed by atoms with van der Waals surface area (Å²) < 4.78 is 219. The Morgan fingerprint density at radius 3 is 1.47 bits per heavy atom. The van der Waals surface area contributed by atoms with Crippen molar-refractivity contribution >= 4 is 94.3 Å². The van der Waals surface area contributed by atoms with E-state index >= 15 is 0 Å². The molecule has 1 heterocycles. The minimum absolute atomic E-state index is 0.0446.